The van der Waals surface area contributed by atoms with Gasteiger partial charge in [0.15, 0.2) is 0 Å². The Bertz CT molecular complexity index is 581. The van der Waals surface area contributed by atoms with Crippen LogP contribution < -0.4 is 10.0 Å². The first-order valence-corrected chi connectivity index (χ1v) is 8.98. The van der Waals surface area contributed by atoms with E-state index in [1.807, 2.05) is 0 Å². The van der Waals surface area contributed by atoms with Crippen molar-refractivity contribution in [2.24, 2.45) is 5.41 Å². The standard InChI is InChI=1S/C15H26N2O3S/c1-11-14(9-13(20-11)10-16-12-5-6-12)21(18,19)17-8-7-15(2,3)4/h9,12,16-17H,5-8,10H2,1-4H3. The summed E-state index contributed by atoms with van der Waals surface area (Å²) in [6, 6.07) is 2.20. The molecule has 1 aromatic rings. The van der Waals surface area contributed by atoms with E-state index in [0.717, 1.165) is 6.42 Å². The molecule has 1 heterocycles. The summed E-state index contributed by atoms with van der Waals surface area (Å²) in [6.07, 6.45) is 3.18. The van der Waals surface area contributed by atoms with Gasteiger partial charge in [0, 0.05) is 18.7 Å². The van der Waals surface area contributed by atoms with Crippen molar-refractivity contribution in [3.05, 3.63) is 17.6 Å². The highest BCUT2D eigenvalue weighted by atomic mass is 32.2. The lowest BCUT2D eigenvalue weighted by Gasteiger charge is -2.17. The maximum atomic E-state index is 12.3. The first-order chi connectivity index (χ1) is 9.67. The van der Waals surface area contributed by atoms with Crippen LogP contribution in [-0.2, 0) is 16.6 Å². The summed E-state index contributed by atoms with van der Waals surface area (Å²) < 4.78 is 32.8. The molecule has 1 aliphatic rings. The highest BCUT2D eigenvalue weighted by molar-refractivity contribution is 7.89. The highest BCUT2D eigenvalue weighted by Gasteiger charge is 2.24. The molecule has 0 aliphatic heterocycles. The van der Waals surface area contributed by atoms with Crippen molar-refractivity contribution >= 4 is 10.0 Å². The minimum Gasteiger partial charge on any atom is -0.464 e. The zero-order chi connectivity index (χ0) is 15.7. The fourth-order valence-corrected chi connectivity index (χ4v) is 3.28. The van der Waals surface area contributed by atoms with Crippen LogP contribution in [0.15, 0.2) is 15.4 Å². The average molecular weight is 314 g/mol. The number of rotatable bonds is 7. The van der Waals surface area contributed by atoms with Crippen molar-refractivity contribution in [1.29, 1.82) is 0 Å². The minimum atomic E-state index is -3.49. The lowest BCUT2D eigenvalue weighted by Crippen LogP contribution is -2.27. The molecule has 6 heteroatoms. The third-order valence-corrected chi connectivity index (χ3v) is 5.09. The molecule has 1 aromatic heterocycles. The number of nitrogens with one attached hydrogen (secondary N) is 2. The van der Waals surface area contributed by atoms with E-state index in [9.17, 15) is 8.42 Å². The summed E-state index contributed by atoms with van der Waals surface area (Å²) >= 11 is 0. The second-order valence-corrected chi connectivity index (χ2v) is 8.73. The van der Waals surface area contributed by atoms with Crippen molar-refractivity contribution in [1.82, 2.24) is 10.0 Å². The quantitative estimate of drug-likeness (QED) is 0.811. The van der Waals surface area contributed by atoms with Crippen LogP contribution in [0, 0.1) is 12.3 Å². The van der Waals surface area contributed by atoms with Crippen LogP contribution in [-0.4, -0.2) is 21.0 Å². The molecule has 21 heavy (non-hydrogen) atoms. The molecule has 1 fully saturated rings. The lowest BCUT2D eigenvalue weighted by molar-refractivity contribution is 0.378. The topological polar surface area (TPSA) is 71.3 Å². The Morgan fingerprint density at radius 3 is 2.57 bits per heavy atom. The molecule has 2 N–H and O–H groups in total. The van der Waals surface area contributed by atoms with Gasteiger partial charge in [0.2, 0.25) is 10.0 Å². The van der Waals surface area contributed by atoms with Crippen LogP contribution in [0.3, 0.4) is 0 Å². The second-order valence-electron chi connectivity index (χ2n) is 7.00. The molecule has 0 unspecified atom stereocenters. The van der Waals surface area contributed by atoms with Crippen molar-refractivity contribution in [3.8, 4) is 0 Å². The van der Waals surface area contributed by atoms with E-state index in [4.69, 9.17) is 4.42 Å². The predicted octanol–water partition coefficient (Wildman–Crippen LogP) is 2.55. The molecule has 1 aliphatic carbocycles. The maximum absolute atomic E-state index is 12.3. The van der Waals surface area contributed by atoms with Gasteiger partial charge in [0.1, 0.15) is 16.4 Å². The Kier molecular flexibility index (Phi) is 4.80. The monoisotopic (exact) mass is 314 g/mol. The molecule has 1 saturated carbocycles. The van der Waals surface area contributed by atoms with Gasteiger partial charge < -0.3 is 9.73 Å². The zero-order valence-corrected chi connectivity index (χ0v) is 14.1. The Labute approximate surface area is 127 Å². The molecule has 5 nitrogen and oxygen atoms in total. The normalized spacial score (nSPS) is 16.4. The van der Waals surface area contributed by atoms with Crippen LogP contribution >= 0.6 is 0 Å². The molecule has 0 aromatic carbocycles. The molecule has 2 rings (SSSR count). The van der Waals surface area contributed by atoms with Crippen molar-refractivity contribution in [2.45, 2.75) is 64.4 Å². The molecule has 0 radical (unpaired) electrons. The number of furan rings is 1. The highest BCUT2D eigenvalue weighted by Crippen LogP contribution is 2.23. The summed E-state index contributed by atoms with van der Waals surface area (Å²) in [4.78, 5) is 0.254. The molecule has 0 saturated heterocycles. The Balaban J connectivity index is 1.97. The van der Waals surface area contributed by atoms with Gasteiger partial charge in [0.25, 0.3) is 0 Å². The largest absolute Gasteiger partial charge is 0.464 e. The van der Waals surface area contributed by atoms with Gasteiger partial charge in [-0.2, -0.15) is 0 Å². The second kappa shape index (κ2) is 6.10. The molecule has 0 amide bonds. The van der Waals surface area contributed by atoms with Gasteiger partial charge in [-0.15, -0.1) is 0 Å². The van der Waals surface area contributed by atoms with E-state index in [2.05, 4.69) is 30.8 Å². The third kappa shape index (κ3) is 5.13. The zero-order valence-electron chi connectivity index (χ0n) is 13.3. The number of sulfonamides is 1. The summed E-state index contributed by atoms with van der Waals surface area (Å²) in [5.41, 5.74) is 0.104. The van der Waals surface area contributed by atoms with Crippen LogP contribution in [0.4, 0.5) is 0 Å². The van der Waals surface area contributed by atoms with Gasteiger partial charge in [-0.3, -0.25) is 0 Å². The van der Waals surface area contributed by atoms with E-state index >= 15 is 0 Å². The van der Waals surface area contributed by atoms with Crippen LogP contribution in [0.25, 0.3) is 0 Å². The summed E-state index contributed by atoms with van der Waals surface area (Å²) in [5.74, 6) is 1.13. The number of hydrogen-bond donors (Lipinski definition) is 2. The molecule has 120 valence electrons. The van der Waals surface area contributed by atoms with E-state index in [-0.39, 0.29) is 10.3 Å². The minimum absolute atomic E-state index is 0.104. The summed E-state index contributed by atoms with van der Waals surface area (Å²) in [7, 11) is -3.49. The Morgan fingerprint density at radius 2 is 2.00 bits per heavy atom. The van der Waals surface area contributed by atoms with E-state index < -0.39 is 10.0 Å². The Morgan fingerprint density at radius 1 is 1.33 bits per heavy atom. The molecular formula is C15H26N2O3S. The van der Waals surface area contributed by atoms with Gasteiger partial charge in [-0.05, 0) is 31.6 Å². The predicted molar refractivity (Wildman–Crippen MR) is 82.6 cm³/mol. The van der Waals surface area contributed by atoms with Crippen LogP contribution in [0.5, 0.6) is 0 Å². The van der Waals surface area contributed by atoms with Crippen LogP contribution in [0.2, 0.25) is 0 Å². The fraction of sp³-hybridized carbons (Fsp3) is 0.733. The van der Waals surface area contributed by atoms with Crippen molar-refractivity contribution < 1.29 is 12.8 Å². The number of aryl methyl sites for hydroxylation is 1. The van der Waals surface area contributed by atoms with Gasteiger partial charge >= 0.3 is 0 Å². The van der Waals surface area contributed by atoms with Gasteiger partial charge in [-0.25, -0.2) is 13.1 Å². The lowest BCUT2D eigenvalue weighted by atomic mass is 9.93. The fourth-order valence-electron chi connectivity index (χ4n) is 2.05. The van der Waals surface area contributed by atoms with E-state index in [0.29, 0.717) is 30.7 Å². The SMILES string of the molecule is Cc1oc(CNC2CC2)cc1S(=O)(=O)NCCC(C)(C)C. The number of hydrogen-bond acceptors (Lipinski definition) is 4. The average Bonchev–Trinajstić information content (AvgIpc) is 3.07. The summed E-state index contributed by atoms with van der Waals surface area (Å²) in [6.45, 7) is 8.98. The van der Waals surface area contributed by atoms with Crippen molar-refractivity contribution in [2.75, 3.05) is 6.54 Å². The molecular weight excluding hydrogens is 288 g/mol. The van der Waals surface area contributed by atoms with Crippen molar-refractivity contribution in [3.63, 3.8) is 0 Å². The maximum Gasteiger partial charge on any atom is 0.244 e. The first-order valence-electron chi connectivity index (χ1n) is 7.50. The first kappa shape index (κ1) is 16.5. The third-order valence-electron chi connectivity index (χ3n) is 3.52. The molecule has 0 bridgehead atoms. The summed E-state index contributed by atoms with van der Waals surface area (Å²) in [5, 5.41) is 3.32. The smallest absolute Gasteiger partial charge is 0.244 e. The van der Waals surface area contributed by atoms with E-state index in [1.54, 1.807) is 13.0 Å². The molecule has 0 atom stereocenters. The van der Waals surface area contributed by atoms with E-state index in [1.165, 1.54) is 12.8 Å². The van der Waals surface area contributed by atoms with Gasteiger partial charge in [0.05, 0.1) is 6.54 Å². The van der Waals surface area contributed by atoms with Crippen LogP contribution in [0.1, 0.15) is 51.6 Å². The van der Waals surface area contributed by atoms with Gasteiger partial charge in [-0.1, -0.05) is 20.8 Å². The Hall–Kier alpha value is -0.850. The molecule has 0 spiro atoms.